The van der Waals surface area contributed by atoms with Gasteiger partial charge in [0.1, 0.15) is 0 Å². The predicted octanol–water partition coefficient (Wildman–Crippen LogP) is 1.34. The maximum Gasteiger partial charge on any atom is 0.186 e. The summed E-state index contributed by atoms with van der Waals surface area (Å²) >= 11 is 0. The van der Waals surface area contributed by atoms with E-state index >= 15 is 0 Å². The molecule has 4 heteroatoms. The highest BCUT2D eigenvalue weighted by Crippen LogP contribution is 2.08. The topological polar surface area (TPSA) is 48.1 Å². The number of likely N-dealkylation sites (tertiary alicyclic amines) is 1. The van der Waals surface area contributed by atoms with Crippen molar-refractivity contribution in [1.82, 2.24) is 15.2 Å². The van der Waals surface area contributed by atoms with Crippen LogP contribution in [0.1, 0.15) is 31.2 Å². The van der Waals surface area contributed by atoms with Gasteiger partial charge in [0.05, 0.1) is 0 Å². The summed E-state index contributed by atoms with van der Waals surface area (Å²) < 4.78 is 0. The molecule has 0 radical (unpaired) electrons. The molecule has 0 spiro atoms. The summed E-state index contributed by atoms with van der Waals surface area (Å²) in [5.41, 5.74) is 0.924. The largest absolute Gasteiger partial charge is 0.367 e. The van der Waals surface area contributed by atoms with Gasteiger partial charge in [-0.2, -0.15) is 0 Å². The smallest absolute Gasteiger partial charge is 0.186 e. The molecule has 2 heterocycles. The first-order chi connectivity index (χ1) is 8.86. The van der Waals surface area contributed by atoms with Crippen LogP contribution in [0.2, 0.25) is 0 Å². The number of nitrogens with one attached hydrogen (secondary N) is 2. The number of hydrogen-bond donors (Lipinski definition) is 2. The molecule has 1 aromatic rings. The Hall–Kier alpha value is -1.13. The fraction of sp³-hybridized carbons (Fsp3) is 0.643. The Labute approximate surface area is 108 Å². The minimum Gasteiger partial charge on any atom is -0.367 e. The lowest BCUT2D eigenvalue weighted by Crippen LogP contribution is -2.32. The molecule has 0 aromatic carbocycles. The summed E-state index contributed by atoms with van der Waals surface area (Å²) in [6, 6.07) is 1.57. The van der Waals surface area contributed by atoms with Crippen LogP contribution in [0, 0.1) is 0 Å². The van der Waals surface area contributed by atoms with Crippen molar-refractivity contribution in [2.75, 3.05) is 26.2 Å². The average molecular weight is 249 g/mol. The molecule has 0 aliphatic carbocycles. The van der Waals surface area contributed by atoms with Crippen molar-refractivity contribution in [3.8, 4) is 0 Å². The lowest BCUT2D eigenvalue weighted by Gasteiger charge is -2.26. The molecule has 0 amide bonds. The molecule has 0 saturated carbocycles. The summed E-state index contributed by atoms with van der Waals surface area (Å²) in [5, 5.41) is 3.34. The Balaban J connectivity index is 1.58. The van der Waals surface area contributed by atoms with E-state index in [0.717, 1.165) is 18.5 Å². The van der Waals surface area contributed by atoms with Gasteiger partial charge >= 0.3 is 0 Å². The fourth-order valence-electron chi connectivity index (χ4n) is 2.42. The summed E-state index contributed by atoms with van der Waals surface area (Å²) in [6.45, 7) is 5.34. The van der Waals surface area contributed by atoms with E-state index in [0.29, 0.717) is 6.54 Å². The minimum absolute atomic E-state index is 0.109. The molecule has 4 nitrogen and oxygen atoms in total. The second kappa shape index (κ2) is 7.34. The Morgan fingerprint density at radius 1 is 1.28 bits per heavy atom. The third-order valence-electron chi connectivity index (χ3n) is 3.50. The highest BCUT2D eigenvalue weighted by atomic mass is 16.1. The van der Waals surface area contributed by atoms with Crippen LogP contribution in [-0.4, -0.2) is 36.1 Å². The van der Waals surface area contributed by atoms with E-state index in [9.17, 15) is 4.79 Å². The van der Waals surface area contributed by atoms with E-state index in [2.05, 4.69) is 15.2 Å². The van der Waals surface area contributed by atoms with E-state index in [1.165, 1.54) is 38.9 Å². The van der Waals surface area contributed by atoms with E-state index in [-0.39, 0.29) is 5.43 Å². The number of hydrogen-bond acceptors (Lipinski definition) is 3. The first-order valence-corrected chi connectivity index (χ1v) is 6.95. The van der Waals surface area contributed by atoms with Gasteiger partial charge in [0.25, 0.3) is 0 Å². The molecule has 18 heavy (non-hydrogen) atoms. The van der Waals surface area contributed by atoms with Crippen LogP contribution in [0.25, 0.3) is 0 Å². The number of pyridine rings is 1. The standard InChI is InChI=1S/C14H23N3O/c18-14-5-7-16-12-13(14)11-15-6-4-10-17-8-2-1-3-9-17/h5,7,12,15H,1-4,6,8-11H2,(H,16,18). The molecule has 1 aliphatic rings. The first kappa shape index (κ1) is 13.3. The zero-order valence-electron chi connectivity index (χ0n) is 11.0. The van der Waals surface area contributed by atoms with E-state index in [1.807, 2.05) is 0 Å². The van der Waals surface area contributed by atoms with Crippen molar-refractivity contribution < 1.29 is 0 Å². The second-order valence-corrected chi connectivity index (χ2v) is 4.97. The SMILES string of the molecule is O=c1cc[nH]cc1CNCCCN1CCCCC1. The Morgan fingerprint density at radius 3 is 2.89 bits per heavy atom. The lowest BCUT2D eigenvalue weighted by atomic mass is 10.1. The molecule has 1 fully saturated rings. The molecule has 0 bridgehead atoms. The van der Waals surface area contributed by atoms with Crippen molar-refractivity contribution >= 4 is 0 Å². The van der Waals surface area contributed by atoms with Gasteiger partial charge in [0.15, 0.2) is 5.43 Å². The van der Waals surface area contributed by atoms with Crippen molar-refractivity contribution in [3.63, 3.8) is 0 Å². The van der Waals surface area contributed by atoms with Gasteiger partial charge in [-0.15, -0.1) is 0 Å². The molecule has 0 atom stereocenters. The van der Waals surface area contributed by atoms with Crippen LogP contribution in [-0.2, 0) is 6.54 Å². The van der Waals surface area contributed by atoms with E-state index in [4.69, 9.17) is 0 Å². The maximum absolute atomic E-state index is 11.5. The number of H-pyrrole nitrogens is 1. The molecule has 2 rings (SSSR count). The zero-order valence-corrected chi connectivity index (χ0v) is 11.0. The number of rotatable bonds is 6. The van der Waals surface area contributed by atoms with Crippen LogP contribution in [0.5, 0.6) is 0 Å². The zero-order chi connectivity index (χ0) is 12.6. The molecule has 100 valence electrons. The molecular formula is C14H23N3O. The highest BCUT2D eigenvalue weighted by molar-refractivity contribution is 5.08. The number of aromatic amines is 1. The van der Waals surface area contributed by atoms with Crippen LogP contribution in [0.15, 0.2) is 23.3 Å². The summed E-state index contributed by atoms with van der Waals surface area (Å²) in [4.78, 5) is 17.0. The highest BCUT2D eigenvalue weighted by Gasteiger charge is 2.08. The molecule has 1 aromatic heterocycles. The Morgan fingerprint density at radius 2 is 2.11 bits per heavy atom. The molecule has 2 N–H and O–H groups in total. The van der Waals surface area contributed by atoms with Crippen molar-refractivity contribution in [2.45, 2.75) is 32.2 Å². The van der Waals surface area contributed by atoms with E-state index in [1.54, 1.807) is 18.5 Å². The average Bonchev–Trinajstić information content (AvgIpc) is 2.42. The van der Waals surface area contributed by atoms with Gasteiger partial charge in [-0.05, 0) is 45.4 Å². The van der Waals surface area contributed by atoms with Crippen LogP contribution >= 0.6 is 0 Å². The third kappa shape index (κ3) is 4.27. The lowest BCUT2D eigenvalue weighted by molar-refractivity contribution is 0.225. The minimum atomic E-state index is 0.109. The monoisotopic (exact) mass is 249 g/mol. The van der Waals surface area contributed by atoms with Crippen LogP contribution in [0.3, 0.4) is 0 Å². The van der Waals surface area contributed by atoms with Crippen molar-refractivity contribution in [1.29, 1.82) is 0 Å². The summed E-state index contributed by atoms with van der Waals surface area (Å²) in [5.74, 6) is 0. The molecule has 1 saturated heterocycles. The molecular weight excluding hydrogens is 226 g/mol. The fourth-order valence-corrected chi connectivity index (χ4v) is 2.42. The van der Waals surface area contributed by atoms with Crippen LogP contribution < -0.4 is 10.7 Å². The quantitative estimate of drug-likeness (QED) is 0.748. The van der Waals surface area contributed by atoms with Gasteiger partial charge in [0.2, 0.25) is 0 Å². The summed E-state index contributed by atoms with van der Waals surface area (Å²) in [6.07, 6.45) is 8.71. The van der Waals surface area contributed by atoms with Gasteiger partial charge < -0.3 is 15.2 Å². The van der Waals surface area contributed by atoms with Crippen LogP contribution in [0.4, 0.5) is 0 Å². The Bertz CT molecular complexity index is 396. The van der Waals surface area contributed by atoms with Gasteiger partial charge in [-0.3, -0.25) is 4.79 Å². The summed E-state index contributed by atoms with van der Waals surface area (Å²) in [7, 11) is 0. The van der Waals surface area contributed by atoms with E-state index < -0.39 is 0 Å². The number of aromatic nitrogens is 1. The first-order valence-electron chi connectivity index (χ1n) is 6.95. The van der Waals surface area contributed by atoms with Crippen molar-refractivity contribution in [3.05, 3.63) is 34.2 Å². The number of piperidine rings is 1. The predicted molar refractivity (Wildman–Crippen MR) is 73.7 cm³/mol. The molecule has 1 aliphatic heterocycles. The Kier molecular flexibility index (Phi) is 5.42. The second-order valence-electron chi connectivity index (χ2n) is 4.97. The van der Waals surface area contributed by atoms with Gasteiger partial charge in [-0.1, -0.05) is 6.42 Å². The third-order valence-corrected chi connectivity index (χ3v) is 3.50. The van der Waals surface area contributed by atoms with Crippen molar-refractivity contribution in [2.24, 2.45) is 0 Å². The molecule has 0 unspecified atom stereocenters. The number of nitrogens with zero attached hydrogens (tertiary/aromatic N) is 1. The normalized spacial score (nSPS) is 16.9. The van der Waals surface area contributed by atoms with Gasteiger partial charge in [0, 0.05) is 30.6 Å². The van der Waals surface area contributed by atoms with Gasteiger partial charge in [-0.25, -0.2) is 0 Å². The maximum atomic E-state index is 11.5.